The molecule has 1 amide bonds. The minimum atomic E-state index is -3.77. The molecule has 9 heteroatoms. The van der Waals surface area contributed by atoms with Crippen LogP contribution < -0.4 is 14.8 Å². The molecule has 0 aromatic heterocycles. The second-order valence-corrected chi connectivity index (χ2v) is 9.34. The molecule has 0 unspecified atom stereocenters. The van der Waals surface area contributed by atoms with Gasteiger partial charge in [0.2, 0.25) is 15.9 Å². The highest BCUT2D eigenvalue weighted by atomic mass is 32.2. The molecule has 4 rings (SSSR count). The van der Waals surface area contributed by atoms with Gasteiger partial charge in [-0.25, -0.2) is 12.8 Å². The highest BCUT2D eigenvalue weighted by Gasteiger charge is 2.33. The third-order valence-corrected chi connectivity index (χ3v) is 7.16. The Labute approximate surface area is 174 Å². The molecule has 2 aliphatic heterocycles. The van der Waals surface area contributed by atoms with Crippen molar-refractivity contribution in [3.8, 4) is 11.5 Å². The van der Waals surface area contributed by atoms with Crippen LogP contribution in [0.5, 0.6) is 11.5 Å². The standard InChI is InChI=1S/C21H23FN2O5S/c22-16-7-9-18(10-8-16)30(26,27)24-11-3-4-15(13-24)21(25)23-12-17-14-28-19-5-1-2-6-20(19)29-17/h1-2,5-10,15,17H,3-4,11-14H2,(H,23,25)/t15-,17+/m1/s1. The van der Waals surface area contributed by atoms with E-state index in [4.69, 9.17) is 9.47 Å². The Hall–Kier alpha value is -2.65. The first kappa shape index (κ1) is 20.6. The van der Waals surface area contributed by atoms with E-state index in [9.17, 15) is 17.6 Å². The molecule has 160 valence electrons. The topological polar surface area (TPSA) is 84.9 Å². The average molecular weight is 434 g/mol. The molecule has 1 N–H and O–H groups in total. The van der Waals surface area contributed by atoms with Crippen LogP contribution in [0.15, 0.2) is 53.4 Å². The number of nitrogens with zero attached hydrogens (tertiary/aromatic N) is 1. The van der Waals surface area contributed by atoms with Gasteiger partial charge in [-0.1, -0.05) is 12.1 Å². The number of carbonyl (C=O) groups is 1. The predicted molar refractivity (Wildman–Crippen MR) is 107 cm³/mol. The molecule has 0 aliphatic carbocycles. The van der Waals surface area contributed by atoms with Gasteiger partial charge in [-0.15, -0.1) is 0 Å². The number of hydrogen-bond acceptors (Lipinski definition) is 5. The third-order valence-electron chi connectivity index (χ3n) is 5.28. The Morgan fingerprint density at radius 2 is 1.87 bits per heavy atom. The number of sulfonamides is 1. The van der Waals surface area contributed by atoms with Gasteiger partial charge in [0.15, 0.2) is 11.5 Å². The van der Waals surface area contributed by atoms with Crippen LogP contribution in [-0.2, 0) is 14.8 Å². The summed E-state index contributed by atoms with van der Waals surface area (Å²) in [5.41, 5.74) is 0. The first-order valence-corrected chi connectivity index (χ1v) is 11.3. The van der Waals surface area contributed by atoms with Crippen LogP contribution in [-0.4, -0.2) is 51.0 Å². The lowest BCUT2D eigenvalue weighted by atomic mass is 9.99. The molecule has 2 aromatic carbocycles. The Bertz CT molecular complexity index is 1010. The number of para-hydroxylation sites is 2. The zero-order valence-electron chi connectivity index (χ0n) is 16.3. The van der Waals surface area contributed by atoms with Crippen molar-refractivity contribution in [3.05, 3.63) is 54.3 Å². The lowest BCUT2D eigenvalue weighted by Gasteiger charge is -2.32. The number of benzene rings is 2. The zero-order chi connectivity index (χ0) is 21.1. The molecule has 7 nitrogen and oxygen atoms in total. The second-order valence-electron chi connectivity index (χ2n) is 7.40. The lowest BCUT2D eigenvalue weighted by Crippen LogP contribution is -2.48. The number of ether oxygens (including phenoxy) is 2. The predicted octanol–water partition coefficient (Wildman–Crippen LogP) is 2.18. The van der Waals surface area contributed by atoms with E-state index in [0.29, 0.717) is 37.5 Å². The lowest BCUT2D eigenvalue weighted by molar-refractivity contribution is -0.126. The Balaban J connectivity index is 1.34. The van der Waals surface area contributed by atoms with Crippen molar-refractivity contribution in [2.75, 3.05) is 26.2 Å². The van der Waals surface area contributed by atoms with Gasteiger partial charge in [-0.3, -0.25) is 4.79 Å². The Kier molecular flexibility index (Phi) is 5.92. The van der Waals surface area contributed by atoms with Gasteiger partial charge < -0.3 is 14.8 Å². The fraction of sp³-hybridized carbons (Fsp3) is 0.381. The number of rotatable bonds is 5. The van der Waals surface area contributed by atoms with Crippen LogP contribution in [0.2, 0.25) is 0 Å². The normalized spacial score (nSPS) is 21.8. The van der Waals surface area contributed by atoms with Gasteiger partial charge in [0.1, 0.15) is 18.5 Å². The van der Waals surface area contributed by atoms with Gasteiger partial charge in [0, 0.05) is 13.1 Å². The molecule has 2 aliphatic rings. The molecule has 0 radical (unpaired) electrons. The van der Waals surface area contributed by atoms with E-state index in [1.54, 1.807) is 0 Å². The van der Waals surface area contributed by atoms with E-state index in [-0.39, 0.29) is 30.0 Å². The molecule has 0 saturated carbocycles. The van der Waals surface area contributed by atoms with Crippen molar-refractivity contribution < 1.29 is 27.1 Å². The summed E-state index contributed by atoms with van der Waals surface area (Å²) < 4.78 is 51.5. The summed E-state index contributed by atoms with van der Waals surface area (Å²) in [6.45, 7) is 1.03. The molecule has 0 bridgehead atoms. The van der Waals surface area contributed by atoms with Crippen molar-refractivity contribution in [1.82, 2.24) is 9.62 Å². The van der Waals surface area contributed by atoms with Crippen LogP contribution in [0.1, 0.15) is 12.8 Å². The molecule has 2 atom stereocenters. The minimum absolute atomic E-state index is 0.0244. The number of nitrogens with one attached hydrogen (secondary N) is 1. The van der Waals surface area contributed by atoms with Crippen LogP contribution in [0.4, 0.5) is 4.39 Å². The highest BCUT2D eigenvalue weighted by molar-refractivity contribution is 7.89. The Morgan fingerprint density at radius 3 is 2.63 bits per heavy atom. The Morgan fingerprint density at radius 1 is 1.13 bits per heavy atom. The van der Waals surface area contributed by atoms with E-state index in [1.807, 2.05) is 24.3 Å². The SMILES string of the molecule is O=C(NC[C@H]1COc2ccccc2O1)[C@@H]1CCCN(S(=O)(=O)c2ccc(F)cc2)C1. The van der Waals surface area contributed by atoms with Crippen LogP contribution in [0.25, 0.3) is 0 Å². The van der Waals surface area contributed by atoms with Crippen molar-refractivity contribution in [2.24, 2.45) is 5.92 Å². The van der Waals surface area contributed by atoms with Gasteiger partial charge in [-0.2, -0.15) is 4.31 Å². The van der Waals surface area contributed by atoms with Gasteiger partial charge in [0.05, 0.1) is 17.4 Å². The fourth-order valence-corrected chi connectivity index (χ4v) is 5.18. The summed E-state index contributed by atoms with van der Waals surface area (Å²) >= 11 is 0. The average Bonchev–Trinajstić information content (AvgIpc) is 2.77. The maximum atomic E-state index is 13.1. The van der Waals surface area contributed by atoms with Crippen molar-refractivity contribution >= 4 is 15.9 Å². The summed E-state index contributed by atoms with van der Waals surface area (Å²) in [4.78, 5) is 12.7. The third kappa shape index (κ3) is 4.41. The molecule has 2 aromatic rings. The van der Waals surface area contributed by atoms with Crippen LogP contribution >= 0.6 is 0 Å². The number of hydrogen-bond donors (Lipinski definition) is 1. The molecular formula is C21H23FN2O5S. The van der Waals surface area contributed by atoms with Gasteiger partial charge in [-0.05, 0) is 49.2 Å². The number of amides is 1. The van der Waals surface area contributed by atoms with E-state index in [2.05, 4.69) is 5.32 Å². The summed E-state index contributed by atoms with van der Waals surface area (Å²) in [6, 6.07) is 12.1. The molecule has 1 saturated heterocycles. The highest BCUT2D eigenvalue weighted by Crippen LogP contribution is 2.30. The van der Waals surface area contributed by atoms with Gasteiger partial charge >= 0.3 is 0 Å². The first-order chi connectivity index (χ1) is 14.4. The van der Waals surface area contributed by atoms with Crippen LogP contribution in [0.3, 0.4) is 0 Å². The quantitative estimate of drug-likeness (QED) is 0.780. The minimum Gasteiger partial charge on any atom is -0.486 e. The van der Waals surface area contributed by atoms with Gasteiger partial charge in [0.25, 0.3) is 0 Å². The number of halogens is 1. The number of piperidine rings is 1. The molecule has 1 fully saturated rings. The molecule has 0 spiro atoms. The van der Waals surface area contributed by atoms with Crippen LogP contribution in [0, 0.1) is 11.7 Å². The van der Waals surface area contributed by atoms with E-state index < -0.39 is 21.8 Å². The monoisotopic (exact) mass is 434 g/mol. The molecule has 2 heterocycles. The zero-order valence-corrected chi connectivity index (χ0v) is 17.1. The summed E-state index contributed by atoms with van der Waals surface area (Å²) in [6.07, 6.45) is 0.868. The maximum absolute atomic E-state index is 13.1. The number of fused-ring (bicyclic) bond motifs is 1. The summed E-state index contributed by atoms with van der Waals surface area (Å²) in [7, 11) is -3.77. The first-order valence-electron chi connectivity index (χ1n) is 9.85. The van der Waals surface area contributed by atoms with Crippen molar-refractivity contribution in [3.63, 3.8) is 0 Å². The van der Waals surface area contributed by atoms with Crippen molar-refractivity contribution in [1.29, 1.82) is 0 Å². The molecular weight excluding hydrogens is 411 g/mol. The smallest absolute Gasteiger partial charge is 0.243 e. The maximum Gasteiger partial charge on any atom is 0.243 e. The van der Waals surface area contributed by atoms with E-state index in [0.717, 1.165) is 12.1 Å². The molecule has 30 heavy (non-hydrogen) atoms. The fourth-order valence-electron chi connectivity index (χ4n) is 3.65. The summed E-state index contributed by atoms with van der Waals surface area (Å²) in [5.74, 6) is 0.148. The summed E-state index contributed by atoms with van der Waals surface area (Å²) in [5, 5.41) is 2.86. The van der Waals surface area contributed by atoms with E-state index in [1.165, 1.54) is 16.4 Å². The van der Waals surface area contributed by atoms with Crippen molar-refractivity contribution in [2.45, 2.75) is 23.8 Å². The largest absolute Gasteiger partial charge is 0.486 e. The van der Waals surface area contributed by atoms with E-state index >= 15 is 0 Å². The second kappa shape index (κ2) is 8.61. The number of carbonyl (C=O) groups excluding carboxylic acids is 1.